The second-order valence-corrected chi connectivity index (χ2v) is 6.47. The molecule has 5 heteroatoms. The molecule has 0 aromatic carbocycles. The lowest BCUT2D eigenvalue weighted by Crippen LogP contribution is -2.35. The molecule has 1 atom stereocenters. The van der Waals surface area contributed by atoms with Crippen molar-refractivity contribution in [2.45, 2.75) is 59.0 Å². The van der Waals surface area contributed by atoms with Crippen LogP contribution in [0.2, 0.25) is 0 Å². The molecule has 5 nitrogen and oxygen atoms in total. The molecular formula is C14H26N4O. The molecule has 0 radical (unpaired) electrons. The van der Waals surface area contributed by atoms with Crippen LogP contribution in [0.3, 0.4) is 0 Å². The smallest absolute Gasteiger partial charge is 0.318 e. The van der Waals surface area contributed by atoms with E-state index in [1.54, 1.807) is 0 Å². The van der Waals surface area contributed by atoms with Crippen molar-refractivity contribution in [2.75, 3.05) is 18.0 Å². The fourth-order valence-electron chi connectivity index (χ4n) is 2.44. The first-order chi connectivity index (χ1) is 8.98. The molecule has 1 aliphatic heterocycles. The summed E-state index contributed by atoms with van der Waals surface area (Å²) in [4.78, 5) is 2.22. The van der Waals surface area contributed by atoms with E-state index in [0.717, 1.165) is 19.0 Å². The van der Waals surface area contributed by atoms with E-state index in [1.165, 1.54) is 19.3 Å². The third-order valence-corrected chi connectivity index (χ3v) is 3.48. The average molecular weight is 266 g/mol. The van der Waals surface area contributed by atoms with E-state index in [4.69, 9.17) is 4.42 Å². The highest BCUT2D eigenvalue weighted by Gasteiger charge is 2.25. The number of nitrogens with zero attached hydrogens (tertiary/aromatic N) is 3. The minimum atomic E-state index is 0.0640. The summed E-state index contributed by atoms with van der Waals surface area (Å²) in [5.41, 5.74) is 0.0640. The fraction of sp³-hybridized carbons (Fsp3) is 0.857. The van der Waals surface area contributed by atoms with E-state index in [9.17, 15) is 0 Å². The summed E-state index contributed by atoms with van der Waals surface area (Å²) >= 11 is 0. The predicted octanol–water partition coefficient (Wildman–Crippen LogP) is 2.58. The van der Waals surface area contributed by atoms with Gasteiger partial charge in [-0.25, -0.2) is 0 Å². The molecule has 19 heavy (non-hydrogen) atoms. The van der Waals surface area contributed by atoms with E-state index in [-0.39, 0.29) is 5.54 Å². The van der Waals surface area contributed by atoms with Crippen LogP contribution in [0.1, 0.15) is 52.8 Å². The van der Waals surface area contributed by atoms with E-state index in [1.807, 2.05) is 0 Å². The molecule has 0 aliphatic carbocycles. The lowest BCUT2D eigenvalue weighted by molar-refractivity contribution is 0.381. The highest BCUT2D eigenvalue weighted by molar-refractivity contribution is 5.26. The third kappa shape index (κ3) is 4.20. The highest BCUT2D eigenvalue weighted by atomic mass is 16.4. The molecule has 0 saturated carbocycles. The summed E-state index contributed by atoms with van der Waals surface area (Å²) in [6, 6.07) is 0.685. The number of hydrogen-bond acceptors (Lipinski definition) is 5. The van der Waals surface area contributed by atoms with Gasteiger partial charge in [0.25, 0.3) is 0 Å². The van der Waals surface area contributed by atoms with Crippen LogP contribution in [0.5, 0.6) is 0 Å². The first-order valence-corrected chi connectivity index (χ1v) is 7.30. The van der Waals surface area contributed by atoms with Gasteiger partial charge in [0.15, 0.2) is 0 Å². The van der Waals surface area contributed by atoms with Gasteiger partial charge in [0.1, 0.15) is 0 Å². The summed E-state index contributed by atoms with van der Waals surface area (Å²) in [6.07, 6.45) is 3.79. The average Bonchev–Trinajstić information content (AvgIpc) is 2.93. The Kier molecular flexibility index (Phi) is 4.45. The van der Waals surface area contributed by atoms with Crippen molar-refractivity contribution in [1.29, 1.82) is 0 Å². The van der Waals surface area contributed by atoms with Gasteiger partial charge in [0, 0.05) is 18.6 Å². The van der Waals surface area contributed by atoms with Crippen LogP contribution in [0.15, 0.2) is 4.42 Å². The van der Waals surface area contributed by atoms with Gasteiger partial charge < -0.3 is 14.6 Å². The number of anilines is 1. The topological polar surface area (TPSA) is 54.2 Å². The summed E-state index contributed by atoms with van der Waals surface area (Å²) in [5, 5.41) is 11.6. The molecule has 1 fully saturated rings. The normalized spacial score (nSPS) is 20.2. The maximum absolute atomic E-state index is 5.73. The molecular weight excluding hydrogens is 240 g/mol. The second kappa shape index (κ2) is 5.90. The van der Waals surface area contributed by atoms with Crippen molar-refractivity contribution in [3.05, 3.63) is 5.89 Å². The lowest BCUT2D eigenvalue weighted by atomic mass is 10.0. The minimum Gasteiger partial charge on any atom is -0.407 e. The number of nitrogens with one attached hydrogen (secondary N) is 1. The maximum atomic E-state index is 5.73. The Balaban J connectivity index is 1.87. The molecule has 1 N–H and O–H groups in total. The van der Waals surface area contributed by atoms with Crippen molar-refractivity contribution >= 4 is 6.01 Å². The Morgan fingerprint density at radius 1 is 1.37 bits per heavy atom. The van der Waals surface area contributed by atoms with E-state index in [0.29, 0.717) is 18.5 Å². The lowest BCUT2D eigenvalue weighted by Gasteiger charge is -2.18. The summed E-state index contributed by atoms with van der Waals surface area (Å²) in [6.45, 7) is 11.3. The zero-order chi connectivity index (χ0) is 13.9. The third-order valence-electron chi connectivity index (χ3n) is 3.48. The standard InChI is InChI=1S/C14H26N4O/c1-5-6-11-7-8-18(10-11)13-17-16-12(19-13)9-15-14(2,3)4/h11,15H,5-10H2,1-4H3. The molecule has 108 valence electrons. The molecule has 0 spiro atoms. The Morgan fingerprint density at radius 3 is 2.84 bits per heavy atom. The summed E-state index contributed by atoms with van der Waals surface area (Å²) < 4.78 is 5.73. The predicted molar refractivity (Wildman–Crippen MR) is 76.1 cm³/mol. The molecule has 1 aromatic rings. The molecule has 1 aliphatic rings. The Bertz CT molecular complexity index is 396. The monoisotopic (exact) mass is 266 g/mol. The van der Waals surface area contributed by atoms with Gasteiger partial charge in [-0.1, -0.05) is 18.4 Å². The molecule has 1 aromatic heterocycles. The van der Waals surface area contributed by atoms with Crippen molar-refractivity contribution in [1.82, 2.24) is 15.5 Å². The van der Waals surface area contributed by atoms with E-state index in [2.05, 4.69) is 48.1 Å². The summed E-state index contributed by atoms with van der Waals surface area (Å²) in [5.74, 6) is 1.46. The van der Waals surface area contributed by atoms with Gasteiger partial charge in [-0.15, -0.1) is 5.10 Å². The molecule has 0 bridgehead atoms. The van der Waals surface area contributed by atoms with Gasteiger partial charge in [-0.2, -0.15) is 0 Å². The van der Waals surface area contributed by atoms with Crippen LogP contribution >= 0.6 is 0 Å². The SMILES string of the molecule is CCCC1CCN(c2nnc(CNC(C)(C)C)o2)C1. The molecule has 1 unspecified atom stereocenters. The number of aromatic nitrogens is 2. The first-order valence-electron chi connectivity index (χ1n) is 7.30. The number of rotatable bonds is 5. The first kappa shape index (κ1) is 14.3. The van der Waals surface area contributed by atoms with Gasteiger partial charge in [0.2, 0.25) is 5.89 Å². The molecule has 0 amide bonds. The van der Waals surface area contributed by atoms with Crippen LogP contribution in [-0.2, 0) is 6.54 Å². The fourth-order valence-corrected chi connectivity index (χ4v) is 2.44. The Hall–Kier alpha value is -1.10. The summed E-state index contributed by atoms with van der Waals surface area (Å²) in [7, 11) is 0. The van der Waals surface area contributed by atoms with Crippen LogP contribution in [-0.4, -0.2) is 28.8 Å². The van der Waals surface area contributed by atoms with Crippen molar-refractivity contribution < 1.29 is 4.42 Å². The molecule has 1 saturated heterocycles. The minimum absolute atomic E-state index is 0.0640. The highest BCUT2D eigenvalue weighted by Crippen LogP contribution is 2.25. The zero-order valence-corrected chi connectivity index (χ0v) is 12.6. The quantitative estimate of drug-likeness (QED) is 0.887. The van der Waals surface area contributed by atoms with Gasteiger partial charge in [-0.3, -0.25) is 0 Å². The second-order valence-electron chi connectivity index (χ2n) is 6.47. The van der Waals surface area contributed by atoms with Crippen molar-refractivity contribution in [3.63, 3.8) is 0 Å². The van der Waals surface area contributed by atoms with Crippen LogP contribution in [0.25, 0.3) is 0 Å². The van der Waals surface area contributed by atoms with Crippen LogP contribution in [0.4, 0.5) is 6.01 Å². The Morgan fingerprint density at radius 2 is 2.16 bits per heavy atom. The van der Waals surface area contributed by atoms with Crippen LogP contribution < -0.4 is 10.2 Å². The van der Waals surface area contributed by atoms with Gasteiger partial charge in [-0.05, 0) is 39.5 Å². The molecule has 2 heterocycles. The largest absolute Gasteiger partial charge is 0.407 e. The zero-order valence-electron chi connectivity index (χ0n) is 12.6. The maximum Gasteiger partial charge on any atom is 0.318 e. The van der Waals surface area contributed by atoms with Crippen molar-refractivity contribution in [2.24, 2.45) is 5.92 Å². The molecule has 2 rings (SSSR count). The Labute approximate surface area is 115 Å². The number of hydrogen-bond donors (Lipinski definition) is 1. The van der Waals surface area contributed by atoms with Crippen molar-refractivity contribution in [3.8, 4) is 0 Å². The van der Waals surface area contributed by atoms with E-state index >= 15 is 0 Å². The van der Waals surface area contributed by atoms with Gasteiger partial charge >= 0.3 is 6.01 Å². The van der Waals surface area contributed by atoms with Crippen LogP contribution in [0, 0.1) is 5.92 Å². The van der Waals surface area contributed by atoms with E-state index < -0.39 is 0 Å². The van der Waals surface area contributed by atoms with Gasteiger partial charge in [0.05, 0.1) is 6.54 Å².